The van der Waals surface area contributed by atoms with E-state index in [1.54, 1.807) is 0 Å². The average Bonchev–Trinajstić information content (AvgIpc) is 2.90. The topological polar surface area (TPSA) is 248 Å². The zero-order valence-corrected chi connectivity index (χ0v) is 24.4. The molecule has 0 spiro atoms. The summed E-state index contributed by atoms with van der Waals surface area (Å²) < 4.78 is 27.4. The van der Waals surface area contributed by atoms with Gasteiger partial charge in [0.15, 0.2) is 0 Å². The van der Waals surface area contributed by atoms with Crippen LogP contribution in [0.4, 0.5) is 0 Å². The van der Waals surface area contributed by atoms with Gasteiger partial charge >= 0.3 is 190 Å². The molecule has 3 rings (SSSR count). The Kier molecular flexibility index (Phi) is 12.4. The number of rotatable bonds is 9. The molecule has 0 aromatic carbocycles. The van der Waals surface area contributed by atoms with Gasteiger partial charge in [-0.1, -0.05) is 0 Å². The minimum atomic E-state index is -1.95. The minimum absolute atomic E-state index is 0.458. The summed E-state index contributed by atoms with van der Waals surface area (Å²) >= 11 is -1.95. The van der Waals surface area contributed by atoms with Gasteiger partial charge in [0, 0.05) is 0 Å². The van der Waals surface area contributed by atoms with Crippen LogP contribution in [-0.2, 0) is 23.7 Å². The van der Waals surface area contributed by atoms with Gasteiger partial charge in [0.05, 0.1) is 6.61 Å². The van der Waals surface area contributed by atoms with E-state index in [9.17, 15) is 51.1 Å². The van der Waals surface area contributed by atoms with E-state index in [-0.39, 0.29) is 0 Å². The first kappa shape index (κ1) is 31.9. The molecule has 3 aliphatic heterocycles. The van der Waals surface area contributed by atoms with Gasteiger partial charge < -0.3 is 20.4 Å². The Morgan fingerprint density at radius 2 is 1.05 bits per heavy atom. The van der Waals surface area contributed by atoms with Crippen LogP contribution in [0.15, 0.2) is 0 Å². The van der Waals surface area contributed by atoms with Crippen LogP contribution in [0.3, 0.4) is 0 Å². The molecule has 37 heavy (non-hydrogen) atoms. The molecule has 0 bridgehead atoms. The van der Waals surface area contributed by atoms with Crippen LogP contribution in [0, 0.1) is 52.0 Å². The van der Waals surface area contributed by atoms with E-state index in [0.29, 0.717) is 1.60 Å². The quantitative estimate of drug-likeness (QED) is 0.0985. The van der Waals surface area contributed by atoms with Crippen molar-refractivity contribution in [1.29, 1.82) is 0 Å². The normalized spacial score (nSPS) is 48.7. The first-order chi connectivity index (χ1) is 17.6. The van der Waals surface area contributed by atoms with Gasteiger partial charge in [0.1, 0.15) is 18.3 Å². The predicted octanol–water partition coefficient (Wildman–Crippen LogP) is -6.43. The standard InChI is InChI=1S/C18H31O15.C3H3.Ac/c19-1-6-10(24)11(25)13(27)17(30-6)33-16-8(3-21)31-18(14(28)12(16)26)32-15-7(2-20)29-4-5(22)9(15)23;1-3-2;/h4-28H,1-3H2;1H,2H2;/t5?,6?,7?,8?,9-,10-,11+,12-,13?,14?,15-,16-,17-,18-;;/m1../s1. The first-order valence-electron chi connectivity index (χ1n) is 11.7. The Hall–Kier alpha value is 0.402. The molecule has 0 aromatic heterocycles. The van der Waals surface area contributed by atoms with Crippen LogP contribution in [0.1, 0.15) is 0 Å². The Bertz CT molecular complexity index is 750. The molecular formula is C21H34AcO15. The third-order valence-corrected chi connectivity index (χ3v) is 12.7. The maximum absolute atomic E-state index is 10.7. The second-order valence-corrected chi connectivity index (χ2v) is 15.4. The number of aliphatic hydroxyl groups excluding tert-OH is 10. The average molecular weight is 753 g/mol. The fourth-order valence-electron chi connectivity index (χ4n) is 4.49. The molecule has 3 aliphatic rings. The van der Waals surface area contributed by atoms with Crippen LogP contribution in [0.5, 0.6) is 0 Å². The molecule has 3 saturated heterocycles. The number of hydrogen-bond acceptors (Lipinski definition) is 15. The monoisotopic (exact) mass is 753 g/mol. The summed E-state index contributed by atoms with van der Waals surface area (Å²) in [6.07, 6.45) is -16.7. The van der Waals surface area contributed by atoms with Gasteiger partial charge in [-0.3, -0.25) is 0 Å². The third kappa shape index (κ3) is 7.01. The van der Waals surface area contributed by atoms with Crippen molar-refractivity contribution < 1.29 is 114 Å². The molecular weight excluding hydrogens is 719 g/mol. The molecule has 0 aromatic rings. The molecule has 0 radical (unpaired) electrons. The summed E-state index contributed by atoms with van der Waals surface area (Å²) in [6, 6.07) is 0. The van der Waals surface area contributed by atoms with Gasteiger partial charge in [-0.2, -0.15) is 0 Å². The van der Waals surface area contributed by atoms with E-state index >= 15 is 0 Å². The van der Waals surface area contributed by atoms with Crippen molar-refractivity contribution in [1.82, 2.24) is 0 Å². The Balaban J connectivity index is 1.70. The van der Waals surface area contributed by atoms with Crippen molar-refractivity contribution in [3.05, 3.63) is 0 Å². The molecule has 6 unspecified atom stereocenters. The summed E-state index contributed by atoms with van der Waals surface area (Å²) in [7, 11) is 0. The predicted molar refractivity (Wildman–Crippen MR) is 113 cm³/mol. The van der Waals surface area contributed by atoms with Crippen LogP contribution in [0.25, 0.3) is 0 Å². The molecule has 0 amide bonds. The Morgan fingerprint density at radius 3 is 1.57 bits per heavy atom. The van der Waals surface area contributed by atoms with Crippen molar-refractivity contribution in [3.63, 3.8) is 0 Å². The van der Waals surface area contributed by atoms with E-state index in [1.165, 1.54) is 0 Å². The fourth-order valence-corrected chi connectivity index (χ4v) is 9.37. The Labute approximate surface area is 234 Å². The van der Waals surface area contributed by atoms with Crippen LogP contribution in [-0.4, -0.2) is 158 Å². The van der Waals surface area contributed by atoms with Gasteiger partial charge in [0.2, 0.25) is 0 Å². The molecule has 15 atom stereocenters. The molecule has 3 heterocycles. The van der Waals surface area contributed by atoms with Gasteiger partial charge in [-0.05, 0) is 0 Å². The SMILES string of the molecule is C#C[CH2][Ac][C@@H]1OC(CO)[C@@H](O[C@H]2OC(CO)[C@@H](O[C@H]3OC(CO)[C@@H](O)[C@H](O)C3O)[C@H](O)C2O)[C@H](O)C1O. The summed E-state index contributed by atoms with van der Waals surface area (Å²) in [5.74, 6) is 2.48. The second-order valence-electron chi connectivity index (χ2n) is 9.05. The molecule has 10 N–H and O–H groups in total. The second kappa shape index (κ2) is 14.3. The maximum atomic E-state index is 10.7. The zero-order chi connectivity index (χ0) is 27.4. The summed E-state index contributed by atoms with van der Waals surface area (Å²) in [5, 5.41) is 102. The van der Waals surface area contributed by atoms with Crippen molar-refractivity contribution in [2.24, 2.45) is 0 Å². The number of hydrogen-bond donors (Lipinski definition) is 10. The van der Waals surface area contributed by atoms with Gasteiger partial charge in [0.25, 0.3) is 0 Å². The van der Waals surface area contributed by atoms with Gasteiger partial charge in [-0.25, -0.2) is 0 Å². The summed E-state index contributed by atoms with van der Waals surface area (Å²) in [5.41, 5.74) is 0. The van der Waals surface area contributed by atoms with Crippen molar-refractivity contribution in [2.75, 3.05) is 19.8 Å². The van der Waals surface area contributed by atoms with E-state index in [1.807, 2.05) is 0 Å². The van der Waals surface area contributed by atoms with Crippen molar-refractivity contribution in [3.8, 4) is 12.3 Å². The molecule has 211 valence electrons. The van der Waals surface area contributed by atoms with Gasteiger partial charge in [-0.15, -0.1) is 0 Å². The van der Waals surface area contributed by atoms with Crippen LogP contribution in [0.2, 0.25) is 1.60 Å². The molecule has 0 saturated carbocycles. The van der Waals surface area contributed by atoms with Crippen LogP contribution >= 0.6 is 0 Å². The number of ether oxygens (including phenoxy) is 5. The summed E-state index contributed by atoms with van der Waals surface area (Å²) in [6.45, 7) is -2.12. The van der Waals surface area contributed by atoms with E-state index in [0.717, 1.165) is 0 Å². The van der Waals surface area contributed by atoms with E-state index in [2.05, 4.69) is 5.92 Å². The molecule has 15 nitrogen and oxygen atoms in total. The first-order valence-corrected chi connectivity index (χ1v) is 17.8. The number of aliphatic hydroxyl groups is 10. The fraction of sp³-hybridized carbons (Fsp3) is 0.905. The molecule has 16 heteroatoms. The van der Waals surface area contributed by atoms with Crippen LogP contribution < -0.4 is 0 Å². The molecule has 3 fully saturated rings. The Morgan fingerprint density at radius 1 is 0.595 bits per heavy atom. The van der Waals surface area contributed by atoms with E-state index < -0.39 is 147 Å². The third-order valence-electron chi connectivity index (χ3n) is 6.62. The number of terminal acetylenes is 1. The van der Waals surface area contributed by atoms with Crippen molar-refractivity contribution >= 4 is 0 Å². The van der Waals surface area contributed by atoms with E-state index in [4.69, 9.17) is 30.1 Å². The summed E-state index contributed by atoms with van der Waals surface area (Å²) in [4.78, 5) is 0. The zero-order valence-electron chi connectivity index (χ0n) is 19.7. The van der Waals surface area contributed by atoms with Crippen molar-refractivity contribution in [2.45, 2.75) is 88.7 Å². The molecule has 0 aliphatic carbocycles.